The predicted octanol–water partition coefficient (Wildman–Crippen LogP) is 12.5. The van der Waals surface area contributed by atoms with Crippen LogP contribution in [0.15, 0.2) is 0 Å². The van der Waals surface area contributed by atoms with E-state index in [9.17, 15) is 0 Å². The van der Waals surface area contributed by atoms with Crippen molar-refractivity contribution in [2.24, 2.45) is 0 Å². The van der Waals surface area contributed by atoms with Crippen LogP contribution in [-0.2, 0) is 0 Å². The molecule has 1 fully saturated rings. The van der Waals surface area contributed by atoms with Crippen LogP contribution in [0.1, 0.15) is 257 Å². The van der Waals surface area contributed by atoms with Crippen LogP contribution in [0, 0.1) is 0 Å². The summed E-state index contributed by atoms with van der Waals surface area (Å²) in [7, 11) is 8.00. The van der Waals surface area contributed by atoms with Crippen molar-refractivity contribution in [2.75, 3.05) is 56.9 Å². The summed E-state index contributed by atoms with van der Waals surface area (Å²) in [5, 5.41) is 56.0. The summed E-state index contributed by atoms with van der Waals surface area (Å²) >= 11 is 0. The molecular weight excluding hydrogens is 705 g/mol. The van der Waals surface area contributed by atoms with E-state index in [1.54, 1.807) is 0 Å². The highest BCUT2D eigenvalue weighted by Crippen LogP contribution is 2.18. The smallest absolute Gasteiger partial charge is 0.0319 e. The fourth-order valence-electron chi connectivity index (χ4n) is 7.07. The summed E-state index contributed by atoms with van der Waals surface area (Å²) in [6, 6.07) is 0. The van der Waals surface area contributed by atoms with E-state index in [1.165, 1.54) is 257 Å². The van der Waals surface area contributed by atoms with Gasteiger partial charge in [-0.15, -0.1) is 0 Å². The van der Waals surface area contributed by atoms with Crippen molar-refractivity contribution in [2.45, 2.75) is 257 Å². The van der Waals surface area contributed by atoms with Crippen LogP contribution in [0.3, 0.4) is 0 Å². The first kappa shape index (κ1) is 73.2. The van der Waals surface area contributed by atoms with E-state index >= 15 is 0 Å². The highest BCUT2D eigenvalue weighted by molar-refractivity contribution is 4.54. The molecule has 0 aliphatic heterocycles. The van der Waals surface area contributed by atoms with Gasteiger partial charge in [0.2, 0.25) is 0 Å². The molecule has 0 unspecified atom stereocenters. The maximum absolute atomic E-state index is 7.00. The van der Waals surface area contributed by atoms with Gasteiger partial charge in [-0.1, -0.05) is 257 Å². The van der Waals surface area contributed by atoms with Crippen molar-refractivity contribution >= 4 is 0 Å². The first-order chi connectivity index (χ1) is 28.0. The lowest BCUT2D eigenvalue weighted by Gasteiger charge is -2.05. The Morgan fingerprint density at radius 2 is 0.107 bits per heavy atom. The Morgan fingerprint density at radius 1 is 0.0893 bits per heavy atom. The van der Waals surface area contributed by atoms with Crippen molar-refractivity contribution in [3.8, 4) is 0 Å². The van der Waals surface area contributed by atoms with Gasteiger partial charge in [0.15, 0.2) is 0 Å². The van der Waals surface area contributed by atoms with E-state index in [1.807, 2.05) is 0 Å². The van der Waals surface area contributed by atoms with E-state index in [-0.39, 0.29) is 0 Å². The van der Waals surface area contributed by atoms with Gasteiger partial charge in [-0.25, -0.2) is 0 Å². The van der Waals surface area contributed by atoms with Gasteiger partial charge in [-0.05, 0) is 0 Å². The van der Waals surface area contributed by atoms with Crippen molar-refractivity contribution in [1.29, 1.82) is 0 Å². The van der Waals surface area contributed by atoms with Crippen LogP contribution in [0.25, 0.3) is 0 Å². The molecule has 0 spiro atoms. The van der Waals surface area contributed by atoms with E-state index < -0.39 is 0 Å². The van der Waals surface area contributed by atoms with Crippen molar-refractivity contribution in [3.05, 3.63) is 0 Å². The van der Waals surface area contributed by atoms with Crippen LogP contribution >= 0.6 is 0 Å². The standard InChI is InChI=1S/C40H80.8CH4O/c1-2-4-6-8-10-12-14-16-18-20-22-24-26-28-30-32-34-36-38-40-39-37-35-33-31-29-27-25-23-21-19-17-15-13-11-9-7-5-3-1;8*1-2/h1-40H2;8*2H,1H3. The highest BCUT2D eigenvalue weighted by Gasteiger charge is 1.98. The highest BCUT2D eigenvalue weighted by atomic mass is 16.2. The fraction of sp³-hybridized carbons (Fsp3) is 1.00. The quantitative estimate of drug-likeness (QED) is 0.120. The largest absolute Gasteiger partial charge is 0.400 e. The van der Waals surface area contributed by atoms with Crippen LogP contribution in [0.4, 0.5) is 0 Å². The minimum atomic E-state index is 1.00. The Kier molecular flexibility index (Phi) is 131. The van der Waals surface area contributed by atoms with Crippen molar-refractivity contribution in [3.63, 3.8) is 0 Å². The summed E-state index contributed by atoms with van der Waals surface area (Å²) in [4.78, 5) is 0. The molecule has 0 atom stereocenters. The molecule has 1 aliphatic carbocycles. The zero-order chi connectivity index (χ0) is 44.3. The average molecular weight is 817 g/mol. The summed E-state index contributed by atoms with van der Waals surface area (Å²) in [6.07, 6.45) is 60.0. The Bertz CT molecular complexity index is 246. The van der Waals surface area contributed by atoms with Crippen molar-refractivity contribution < 1.29 is 40.9 Å². The maximum atomic E-state index is 7.00. The molecule has 0 aromatic rings. The minimum absolute atomic E-state index is 1.00. The van der Waals surface area contributed by atoms with Crippen LogP contribution < -0.4 is 0 Å². The lowest BCUT2D eigenvalue weighted by molar-refractivity contribution is 0.399. The normalized spacial score (nSPS) is 18.0. The van der Waals surface area contributed by atoms with Gasteiger partial charge < -0.3 is 40.9 Å². The zero-order valence-corrected chi connectivity index (χ0v) is 39.9. The molecule has 1 rings (SSSR count). The topological polar surface area (TPSA) is 162 Å². The molecule has 0 heterocycles. The number of rotatable bonds is 0. The third-order valence-corrected chi connectivity index (χ3v) is 10.00. The molecule has 0 saturated heterocycles. The SMILES string of the molecule is C1CCCCCCCCCCCCCCCCCCCCCCCCCCCCCCCCCCCCCCC1.CO.CO.CO.CO.CO.CO.CO.CO. The molecule has 56 heavy (non-hydrogen) atoms. The van der Waals surface area contributed by atoms with E-state index in [0.29, 0.717) is 0 Å². The molecule has 8 nitrogen and oxygen atoms in total. The molecule has 0 aromatic carbocycles. The number of hydrogen-bond acceptors (Lipinski definition) is 8. The third kappa shape index (κ3) is 94.6. The Labute approximate surface area is 353 Å². The fourth-order valence-corrected chi connectivity index (χ4v) is 7.07. The monoisotopic (exact) mass is 817 g/mol. The van der Waals surface area contributed by atoms with Crippen LogP contribution in [-0.4, -0.2) is 97.7 Å². The summed E-state index contributed by atoms with van der Waals surface area (Å²) in [5.41, 5.74) is 0. The molecule has 8 heteroatoms. The minimum Gasteiger partial charge on any atom is -0.400 e. The van der Waals surface area contributed by atoms with Crippen molar-refractivity contribution in [1.82, 2.24) is 0 Å². The van der Waals surface area contributed by atoms with Crippen LogP contribution in [0.5, 0.6) is 0 Å². The molecule has 352 valence electrons. The van der Waals surface area contributed by atoms with E-state index in [4.69, 9.17) is 40.9 Å². The molecule has 1 saturated carbocycles. The van der Waals surface area contributed by atoms with E-state index in [0.717, 1.165) is 56.9 Å². The Hall–Kier alpha value is -0.320. The zero-order valence-electron chi connectivity index (χ0n) is 39.9. The summed E-state index contributed by atoms with van der Waals surface area (Å²) in [5.74, 6) is 0. The lowest BCUT2D eigenvalue weighted by Crippen LogP contribution is -1.85. The van der Waals surface area contributed by atoms with Gasteiger partial charge in [0.25, 0.3) is 0 Å². The van der Waals surface area contributed by atoms with Gasteiger partial charge in [0.05, 0.1) is 0 Å². The van der Waals surface area contributed by atoms with Gasteiger partial charge >= 0.3 is 0 Å². The summed E-state index contributed by atoms with van der Waals surface area (Å²) in [6.45, 7) is 0. The van der Waals surface area contributed by atoms with Gasteiger partial charge in [-0.2, -0.15) is 0 Å². The molecule has 1 aliphatic rings. The Morgan fingerprint density at radius 3 is 0.125 bits per heavy atom. The molecule has 0 radical (unpaired) electrons. The third-order valence-electron chi connectivity index (χ3n) is 10.00. The second-order valence-electron chi connectivity index (χ2n) is 14.1. The lowest BCUT2D eigenvalue weighted by atomic mass is 10.0. The second kappa shape index (κ2) is 100. The second-order valence-corrected chi connectivity index (χ2v) is 14.1. The number of aliphatic hydroxyl groups is 8. The number of aliphatic hydroxyl groups excluding tert-OH is 8. The molecule has 0 amide bonds. The van der Waals surface area contributed by atoms with Gasteiger partial charge in [-0.3, -0.25) is 0 Å². The Balaban J connectivity index is -0.000000212. The molecule has 0 bridgehead atoms. The maximum Gasteiger partial charge on any atom is 0.0319 e. The summed E-state index contributed by atoms with van der Waals surface area (Å²) < 4.78 is 0. The first-order valence-electron chi connectivity index (χ1n) is 23.6. The number of hydrogen-bond donors (Lipinski definition) is 8. The average Bonchev–Trinajstić information content (AvgIpc) is 3.29. The van der Waals surface area contributed by atoms with Gasteiger partial charge in [0, 0.05) is 56.9 Å². The first-order valence-corrected chi connectivity index (χ1v) is 23.6. The predicted molar refractivity (Wildman–Crippen MR) is 250 cm³/mol. The van der Waals surface area contributed by atoms with Gasteiger partial charge in [0.1, 0.15) is 0 Å². The molecule has 0 aromatic heterocycles. The van der Waals surface area contributed by atoms with E-state index in [2.05, 4.69) is 0 Å². The molecule has 8 N–H and O–H groups in total. The molecular formula is C48H112O8. The van der Waals surface area contributed by atoms with Crippen LogP contribution in [0.2, 0.25) is 0 Å².